The predicted molar refractivity (Wildman–Crippen MR) is 61.9 cm³/mol. The number of carbonyl (C=O) groups excluding carboxylic acids is 2. The summed E-state index contributed by atoms with van der Waals surface area (Å²) in [5.74, 6) is 0.522. The van der Waals surface area contributed by atoms with Gasteiger partial charge in [0.1, 0.15) is 5.78 Å². The van der Waals surface area contributed by atoms with Crippen LogP contribution in [0.25, 0.3) is 0 Å². The highest BCUT2D eigenvalue weighted by Gasteiger charge is 2.33. The van der Waals surface area contributed by atoms with E-state index in [1.807, 2.05) is 0 Å². The minimum atomic E-state index is -0.257. The van der Waals surface area contributed by atoms with E-state index >= 15 is 0 Å². The first-order chi connectivity index (χ1) is 7.47. The normalized spacial score (nSPS) is 20.4. The third kappa shape index (κ3) is 2.71. The molecule has 3 heteroatoms. The summed E-state index contributed by atoms with van der Waals surface area (Å²) in [6.07, 6.45) is 2.21. The van der Waals surface area contributed by atoms with Crippen molar-refractivity contribution < 1.29 is 14.3 Å². The van der Waals surface area contributed by atoms with Crippen LogP contribution in [0.1, 0.15) is 40.0 Å². The summed E-state index contributed by atoms with van der Waals surface area (Å²) in [7, 11) is 1.40. The maximum absolute atomic E-state index is 11.7. The van der Waals surface area contributed by atoms with Crippen LogP contribution in [0.5, 0.6) is 0 Å². The van der Waals surface area contributed by atoms with Crippen LogP contribution in [-0.4, -0.2) is 18.9 Å². The third-order valence-electron chi connectivity index (χ3n) is 3.18. The summed E-state index contributed by atoms with van der Waals surface area (Å²) in [6, 6.07) is 0. The lowest BCUT2D eigenvalue weighted by atomic mass is 9.89. The molecule has 0 heterocycles. The van der Waals surface area contributed by atoms with Crippen LogP contribution in [0.15, 0.2) is 11.1 Å². The maximum atomic E-state index is 11.7. The number of ether oxygens (including phenoxy) is 1. The Morgan fingerprint density at radius 1 is 1.44 bits per heavy atom. The highest BCUT2D eigenvalue weighted by Crippen LogP contribution is 2.38. The Labute approximate surface area is 96.9 Å². The van der Waals surface area contributed by atoms with Gasteiger partial charge in [0.2, 0.25) is 0 Å². The number of Topliss-reactive ketones (excluding diaryl/α,β-unsaturated/α-hetero) is 1. The molecule has 1 aliphatic rings. The number of methoxy groups -OCH3 is 1. The van der Waals surface area contributed by atoms with E-state index in [0.717, 1.165) is 24.0 Å². The second kappa shape index (κ2) is 5.28. The molecule has 0 aromatic carbocycles. The van der Waals surface area contributed by atoms with Crippen LogP contribution in [-0.2, 0) is 14.3 Å². The molecule has 0 aliphatic heterocycles. The lowest BCUT2D eigenvalue weighted by Gasteiger charge is -2.17. The average Bonchev–Trinajstić information content (AvgIpc) is 2.59. The first-order valence-electron chi connectivity index (χ1n) is 5.77. The fraction of sp³-hybridized carbons (Fsp3) is 0.692. The van der Waals surface area contributed by atoms with E-state index < -0.39 is 0 Å². The Kier molecular flexibility index (Phi) is 4.27. The smallest absolute Gasteiger partial charge is 0.333 e. The van der Waals surface area contributed by atoms with Crippen LogP contribution in [0.2, 0.25) is 0 Å². The van der Waals surface area contributed by atoms with Crippen molar-refractivity contribution in [2.75, 3.05) is 7.11 Å². The Hall–Kier alpha value is -1.12. The number of hydrogen-bond donors (Lipinski definition) is 0. The molecular formula is C13H20O3. The highest BCUT2D eigenvalue weighted by atomic mass is 16.5. The van der Waals surface area contributed by atoms with Gasteiger partial charge < -0.3 is 4.74 Å². The Balaban J connectivity index is 3.00. The first-order valence-corrected chi connectivity index (χ1v) is 5.77. The second-order valence-corrected chi connectivity index (χ2v) is 4.78. The topological polar surface area (TPSA) is 43.4 Å². The van der Waals surface area contributed by atoms with E-state index in [4.69, 9.17) is 4.74 Å². The molecule has 0 saturated heterocycles. The molecule has 0 aromatic rings. The van der Waals surface area contributed by atoms with Crippen LogP contribution in [0.4, 0.5) is 0 Å². The molecule has 0 aromatic heterocycles. The number of allylic oxidation sites excluding steroid dienone is 1. The van der Waals surface area contributed by atoms with Crippen molar-refractivity contribution in [1.29, 1.82) is 0 Å². The van der Waals surface area contributed by atoms with Gasteiger partial charge in [-0.25, -0.2) is 4.79 Å². The summed E-state index contributed by atoms with van der Waals surface area (Å²) in [5, 5.41) is 0. The average molecular weight is 224 g/mol. The molecule has 0 bridgehead atoms. The van der Waals surface area contributed by atoms with Gasteiger partial charge in [0.25, 0.3) is 0 Å². The zero-order chi connectivity index (χ0) is 12.3. The van der Waals surface area contributed by atoms with Crippen molar-refractivity contribution in [1.82, 2.24) is 0 Å². The third-order valence-corrected chi connectivity index (χ3v) is 3.18. The molecule has 0 saturated carbocycles. The summed E-state index contributed by atoms with van der Waals surface area (Å²) in [4.78, 5) is 22.9. The van der Waals surface area contributed by atoms with Gasteiger partial charge in [-0.05, 0) is 31.6 Å². The van der Waals surface area contributed by atoms with Gasteiger partial charge >= 0.3 is 5.97 Å². The van der Waals surface area contributed by atoms with Crippen molar-refractivity contribution in [3.8, 4) is 0 Å². The van der Waals surface area contributed by atoms with Gasteiger partial charge in [0.05, 0.1) is 7.11 Å². The van der Waals surface area contributed by atoms with Gasteiger partial charge in [0, 0.05) is 12.0 Å². The Bertz CT molecular complexity index is 326. The number of rotatable bonds is 4. The van der Waals surface area contributed by atoms with Crippen molar-refractivity contribution in [3.05, 3.63) is 11.1 Å². The van der Waals surface area contributed by atoms with Crippen molar-refractivity contribution in [2.24, 2.45) is 11.8 Å². The maximum Gasteiger partial charge on any atom is 0.333 e. The standard InChI is InChI=1S/C13H20O3/c1-8(2)11-6-5-10(7-9(3)14)12(11)13(15)16-4/h8,11H,5-7H2,1-4H3/t11-/m1/s1. The summed E-state index contributed by atoms with van der Waals surface area (Å²) >= 11 is 0. The number of esters is 1. The van der Waals surface area contributed by atoms with E-state index in [9.17, 15) is 9.59 Å². The number of carbonyl (C=O) groups is 2. The summed E-state index contributed by atoms with van der Waals surface area (Å²) in [6.45, 7) is 5.76. The molecule has 0 spiro atoms. The van der Waals surface area contributed by atoms with Gasteiger partial charge in [-0.3, -0.25) is 4.79 Å². The van der Waals surface area contributed by atoms with Crippen molar-refractivity contribution >= 4 is 11.8 Å². The monoisotopic (exact) mass is 224 g/mol. The first kappa shape index (κ1) is 12.9. The zero-order valence-corrected chi connectivity index (χ0v) is 10.5. The molecule has 1 rings (SSSR count). The second-order valence-electron chi connectivity index (χ2n) is 4.78. The van der Waals surface area contributed by atoms with Crippen LogP contribution >= 0.6 is 0 Å². The molecule has 0 fully saturated rings. The molecule has 0 amide bonds. The van der Waals surface area contributed by atoms with Crippen LogP contribution in [0, 0.1) is 11.8 Å². The quantitative estimate of drug-likeness (QED) is 0.689. The molecular weight excluding hydrogens is 204 g/mol. The molecule has 16 heavy (non-hydrogen) atoms. The Morgan fingerprint density at radius 3 is 2.50 bits per heavy atom. The molecule has 1 atom stereocenters. The van der Waals surface area contributed by atoms with Crippen molar-refractivity contribution in [2.45, 2.75) is 40.0 Å². The van der Waals surface area contributed by atoms with Crippen LogP contribution < -0.4 is 0 Å². The molecule has 0 radical (unpaired) electrons. The van der Waals surface area contributed by atoms with E-state index in [0.29, 0.717) is 12.3 Å². The van der Waals surface area contributed by atoms with Gasteiger partial charge in [-0.2, -0.15) is 0 Å². The van der Waals surface area contributed by atoms with E-state index in [1.165, 1.54) is 7.11 Å². The lowest BCUT2D eigenvalue weighted by molar-refractivity contribution is -0.136. The predicted octanol–water partition coefficient (Wildman–Crippen LogP) is 2.50. The minimum Gasteiger partial charge on any atom is -0.466 e. The van der Waals surface area contributed by atoms with Crippen molar-refractivity contribution in [3.63, 3.8) is 0 Å². The fourth-order valence-corrected chi connectivity index (χ4v) is 2.43. The van der Waals surface area contributed by atoms with E-state index in [2.05, 4.69) is 13.8 Å². The molecule has 1 aliphatic carbocycles. The zero-order valence-electron chi connectivity index (χ0n) is 10.5. The fourth-order valence-electron chi connectivity index (χ4n) is 2.43. The van der Waals surface area contributed by atoms with E-state index in [1.54, 1.807) is 6.92 Å². The van der Waals surface area contributed by atoms with Crippen LogP contribution in [0.3, 0.4) is 0 Å². The summed E-state index contributed by atoms with van der Waals surface area (Å²) in [5.41, 5.74) is 1.74. The summed E-state index contributed by atoms with van der Waals surface area (Å²) < 4.78 is 4.82. The highest BCUT2D eigenvalue weighted by molar-refractivity contribution is 5.92. The largest absolute Gasteiger partial charge is 0.466 e. The van der Waals surface area contributed by atoms with E-state index in [-0.39, 0.29) is 17.7 Å². The number of hydrogen-bond acceptors (Lipinski definition) is 3. The molecule has 90 valence electrons. The number of ketones is 1. The molecule has 3 nitrogen and oxygen atoms in total. The van der Waals surface area contributed by atoms with Gasteiger partial charge in [0.15, 0.2) is 0 Å². The molecule has 0 N–H and O–H groups in total. The Morgan fingerprint density at radius 2 is 2.06 bits per heavy atom. The molecule has 0 unspecified atom stereocenters. The van der Waals surface area contributed by atoms with Gasteiger partial charge in [-0.15, -0.1) is 0 Å². The van der Waals surface area contributed by atoms with Gasteiger partial charge in [-0.1, -0.05) is 19.4 Å². The minimum absolute atomic E-state index is 0.112. The SMILES string of the molecule is COC(=O)C1=C(CC(C)=O)CC[C@@H]1C(C)C. The lowest BCUT2D eigenvalue weighted by Crippen LogP contribution is -2.17.